The van der Waals surface area contributed by atoms with E-state index < -0.39 is 5.82 Å². The van der Waals surface area contributed by atoms with Crippen LogP contribution in [0.3, 0.4) is 0 Å². The summed E-state index contributed by atoms with van der Waals surface area (Å²) in [7, 11) is 0. The topological polar surface area (TPSA) is 55.1 Å². The molecule has 2 rings (SSSR count). The zero-order valence-electron chi connectivity index (χ0n) is 10.6. The Bertz CT molecular complexity index is 611. The third kappa shape index (κ3) is 3.31. The highest BCUT2D eigenvalue weighted by Crippen LogP contribution is 2.16. The summed E-state index contributed by atoms with van der Waals surface area (Å²) in [5.41, 5.74) is 7.86. The third-order valence-electron chi connectivity index (χ3n) is 2.90. The van der Waals surface area contributed by atoms with Gasteiger partial charge >= 0.3 is 0 Å². The highest BCUT2D eigenvalue weighted by atomic mass is 19.1. The van der Waals surface area contributed by atoms with Gasteiger partial charge in [-0.15, -0.1) is 0 Å². The molecule has 0 saturated carbocycles. The second-order valence-electron chi connectivity index (χ2n) is 4.39. The lowest BCUT2D eigenvalue weighted by atomic mass is 10.1. The number of carbonyl (C=O) groups is 1. The standard InChI is InChI=1S/C15H15FN2O/c1-10-4-2-3-5-11(10)8-15(19)18-12-6-7-14(17)13(16)9-12/h2-7,9H,8,17H2,1H3,(H,18,19). The maximum atomic E-state index is 13.2. The van der Waals surface area contributed by atoms with E-state index in [-0.39, 0.29) is 18.0 Å². The van der Waals surface area contributed by atoms with E-state index in [1.807, 2.05) is 31.2 Å². The lowest BCUT2D eigenvalue weighted by molar-refractivity contribution is -0.115. The first-order valence-electron chi connectivity index (χ1n) is 5.95. The van der Waals surface area contributed by atoms with E-state index in [0.29, 0.717) is 5.69 Å². The molecule has 2 aromatic carbocycles. The van der Waals surface area contributed by atoms with Gasteiger partial charge in [-0.1, -0.05) is 24.3 Å². The van der Waals surface area contributed by atoms with Crippen LogP contribution in [-0.2, 0) is 11.2 Å². The van der Waals surface area contributed by atoms with Crippen molar-refractivity contribution < 1.29 is 9.18 Å². The number of hydrogen-bond acceptors (Lipinski definition) is 2. The summed E-state index contributed by atoms with van der Waals surface area (Å²) >= 11 is 0. The second-order valence-corrected chi connectivity index (χ2v) is 4.39. The van der Waals surface area contributed by atoms with E-state index in [1.165, 1.54) is 12.1 Å². The highest BCUT2D eigenvalue weighted by molar-refractivity contribution is 5.92. The molecule has 0 bridgehead atoms. The Balaban J connectivity index is 2.05. The minimum atomic E-state index is -0.534. The van der Waals surface area contributed by atoms with Crippen molar-refractivity contribution in [3.63, 3.8) is 0 Å². The van der Waals surface area contributed by atoms with Crippen molar-refractivity contribution in [1.82, 2.24) is 0 Å². The maximum Gasteiger partial charge on any atom is 0.228 e. The molecule has 0 aromatic heterocycles. The maximum absolute atomic E-state index is 13.2. The average Bonchev–Trinajstić information content (AvgIpc) is 2.37. The predicted molar refractivity (Wildman–Crippen MR) is 74.3 cm³/mol. The number of anilines is 2. The van der Waals surface area contributed by atoms with Gasteiger partial charge in [-0.25, -0.2) is 4.39 Å². The third-order valence-corrected chi connectivity index (χ3v) is 2.90. The number of carbonyl (C=O) groups excluding carboxylic acids is 1. The Morgan fingerprint density at radius 2 is 2.00 bits per heavy atom. The molecule has 0 aliphatic carbocycles. The largest absolute Gasteiger partial charge is 0.396 e. The van der Waals surface area contributed by atoms with Crippen LogP contribution in [0.25, 0.3) is 0 Å². The summed E-state index contributed by atoms with van der Waals surface area (Å²) in [6.07, 6.45) is 0.263. The zero-order valence-corrected chi connectivity index (χ0v) is 10.6. The van der Waals surface area contributed by atoms with E-state index in [9.17, 15) is 9.18 Å². The smallest absolute Gasteiger partial charge is 0.228 e. The van der Waals surface area contributed by atoms with Crippen molar-refractivity contribution >= 4 is 17.3 Å². The molecular formula is C15H15FN2O. The van der Waals surface area contributed by atoms with Crippen LogP contribution in [0.4, 0.5) is 15.8 Å². The second kappa shape index (κ2) is 5.52. The highest BCUT2D eigenvalue weighted by Gasteiger charge is 2.07. The molecule has 98 valence electrons. The first-order valence-corrected chi connectivity index (χ1v) is 5.95. The number of nitrogens with two attached hydrogens (primary N) is 1. The molecule has 0 aliphatic rings. The fraction of sp³-hybridized carbons (Fsp3) is 0.133. The van der Waals surface area contributed by atoms with Crippen LogP contribution >= 0.6 is 0 Å². The van der Waals surface area contributed by atoms with Crippen LogP contribution in [0.2, 0.25) is 0 Å². The summed E-state index contributed by atoms with van der Waals surface area (Å²) in [6, 6.07) is 11.9. The average molecular weight is 258 g/mol. The SMILES string of the molecule is Cc1ccccc1CC(=O)Nc1ccc(N)c(F)c1. The summed E-state index contributed by atoms with van der Waals surface area (Å²) < 4.78 is 13.2. The summed E-state index contributed by atoms with van der Waals surface area (Å²) in [5, 5.41) is 2.65. The monoisotopic (exact) mass is 258 g/mol. The van der Waals surface area contributed by atoms with Crippen molar-refractivity contribution in [2.45, 2.75) is 13.3 Å². The Morgan fingerprint density at radius 1 is 1.26 bits per heavy atom. The summed E-state index contributed by atoms with van der Waals surface area (Å²) in [6.45, 7) is 1.95. The number of aryl methyl sites for hydroxylation is 1. The van der Waals surface area contributed by atoms with Crippen molar-refractivity contribution in [1.29, 1.82) is 0 Å². The van der Waals surface area contributed by atoms with E-state index in [0.717, 1.165) is 11.1 Å². The molecule has 3 nitrogen and oxygen atoms in total. The van der Waals surface area contributed by atoms with E-state index in [4.69, 9.17) is 5.73 Å². The van der Waals surface area contributed by atoms with E-state index >= 15 is 0 Å². The van der Waals surface area contributed by atoms with Crippen LogP contribution in [0.5, 0.6) is 0 Å². The number of nitrogens with one attached hydrogen (secondary N) is 1. The van der Waals surface area contributed by atoms with Crippen LogP contribution in [0.15, 0.2) is 42.5 Å². The number of amides is 1. The quantitative estimate of drug-likeness (QED) is 0.832. The molecule has 0 fully saturated rings. The van der Waals surface area contributed by atoms with Gasteiger partial charge in [0.05, 0.1) is 12.1 Å². The first-order chi connectivity index (χ1) is 9.06. The van der Waals surface area contributed by atoms with Crippen molar-refractivity contribution in [2.75, 3.05) is 11.1 Å². The number of hydrogen-bond donors (Lipinski definition) is 2. The number of nitrogen functional groups attached to an aromatic ring is 1. The van der Waals surface area contributed by atoms with Crippen LogP contribution in [-0.4, -0.2) is 5.91 Å². The lowest BCUT2D eigenvalue weighted by Gasteiger charge is -2.08. The molecular weight excluding hydrogens is 243 g/mol. The Hall–Kier alpha value is -2.36. The molecule has 2 aromatic rings. The molecule has 0 aliphatic heterocycles. The first kappa shape index (κ1) is 13.1. The molecule has 4 heteroatoms. The normalized spacial score (nSPS) is 10.2. The molecule has 0 radical (unpaired) electrons. The molecule has 0 atom stereocenters. The molecule has 1 amide bonds. The molecule has 0 saturated heterocycles. The Labute approximate surface area is 111 Å². The van der Waals surface area contributed by atoms with Crippen molar-refractivity contribution in [3.8, 4) is 0 Å². The molecule has 0 spiro atoms. The van der Waals surface area contributed by atoms with Gasteiger partial charge in [0.25, 0.3) is 0 Å². The van der Waals surface area contributed by atoms with Crippen LogP contribution < -0.4 is 11.1 Å². The van der Waals surface area contributed by atoms with Gasteiger partial charge in [-0.3, -0.25) is 4.79 Å². The van der Waals surface area contributed by atoms with Gasteiger partial charge in [0.15, 0.2) is 0 Å². The van der Waals surface area contributed by atoms with Crippen LogP contribution in [0, 0.1) is 12.7 Å². The minimum absolute atomic E-state index is 0.0666. The van der Waals surface area contributed by atoms with Crippen molar-refractivity contribution in [2.24, 2.45) is 0 Å². The summed E-state index contributed by atoms with van der Waals surface area (Å²) in [4.78, 5) is 11.9. The molecule has 19 heavy (non-hydrogen) atoms. The van der Waals surface area contributed by atoms with Gasteiger partial charge in [0.2, 0.25) is 5.91 Å². The van der Waals surface area contributed by atoms with E-state index in [2.05, 4.69) is 5.32 Å². The van der Waals surface area contributed by atoms with Crippen LogP contribution in [0.1, 0.15) is 11.1 Å². The predicted octanol–water partition coefficient (Wildman–Crippen LogP) is 2.90. The van der Waals surface area contributed by atoms with Gasteiger partial charge < -0.3 is 11.1 Å². The van der Waals surface area contributed by atoms with Gasteiger partial charge in [-0.2, -0.15) is 0 Å². The van der Waals surface area contributed by atoms with Gasteiger partial charge in [0.1, 0.15) is 5.82 Å². The van der Waals surface area contributed by atoms with Gasteiger partial charge in [0, 0.05) is 5.69 Å². The number of halogens is 1. The fourth-order valence-corrected chi connectivity index (χ4v) is 1.79. The van der Waals surface area contributed by atoms with E-state index in [1.54, 1.807) is 6.07 Å². The summed E-state index contributed by atoms with van der Waals surface area (Å²) in [5.74, 6) is -0.716. The van der Waals surface area contributed by atoms with Crippen molar-refractivity contribution in [3.05, 3.63) is 59.4 Å². The molecule has 0 heterocycles. The Morgan fingerprint density at radius 3 is 2.68 bits per heavy atom. The Kier molecular flexibility index (Phi) is 3.80. The fourth-order valence-electron chi connectivity index (χ4n) is 1.79. The number of benzene rings is 2. The minimum Gasteiger partial charge on any atom is -0.396 e. The number of rotatable bonds is 3. The molecule has 3 N–H and O–H groups in total. The molecule has 0 unspecified atom stereocenters. The zero-order chi connectivity index (χ0) is 13.8. The lowest BCUT2D eigenvalue weighted by Crippen LogP contribution is -2.15. The van der Waals surface area contributed by atoms with Gasteiger partial charge in [-0.05, 0) is 36.2 Å².